The maximum Gasteiger partial charge on any atom is 0.222 e. The van der Waals surface area contributed by atoms with Crippen molar-refractivity contribution >= 4 is 5.91 Å². The van der Waals surface area contributed by atoms with Crippen molar-refractivity contribution in [3.05, 3.63) is 29.8 Å². The minimum atomic E-state index is 0.0374. The number of carbonyl (C=O) groups excluding carboxylic acids is 1. The van der Waals surface area contributed by atoms with E-state index < -0.39 is 0 Å². The van der Waals surface area contributed by atoms with Crippen LogP contribution in [0.4, 0.5) is 0 Å². The minimum Gasteiger partial charge on any atom is -0.494 e. The molecule has 0 bridgehead atoms. The summed E-state index contributed by atoms with van der Waals surface area (Å²) in [7, 11) is 1.77. The Balaban J connectivity index is 2.63. The highest BCUT2D eigenvalue weighted by Gasteiger charge is 2.11. The fourth-order valence-electron chi connectivity index (χ4n) is 1.70. The van der Waals surface area contributed by atoms with Gasteiger partial charge in [-0.15, -0.1) is 0 Å². The van der Waals surface area contributed by atoms with Gasteiger partial charge in [0.2, 0.25) is 5.91 Å². The zero-order valence-electron chi connectivity index (χ0n) is 11.1. The standard InChI is InChI=1S/C14H21NO3/c1-3-18-13-8-5-4-7-12(13)11-15(2)14(17)9-6-10-16/h4-5,7-8,16H,3,6,9-11H2,1-2H3. The van der Waals surface area contributed by atoms with Crippen molar-refractivity contribution in [1.29, 1.82) is 0 Å². The molecule has 1 aromatic rings. The molecule has 0 aromatic heterocycles. The molecular weight excluding hydrogens is 230 g/mol. The molecule has 4 nitrogen and oxygen atoms in total. The molecule has 0 saturated carbocycles. The summed E-state index contributed by atoms with van der Waals surface area (Å²) in [6.45, 7) is 3.13. The molecule has 0 radical (unpaired) electrons. The first-order chi connectivity index (χ1) is 8.69. The zero-order valence-corrected chi connectivity index (χ0v) is 11.1. The molecule has 1 amide bonds. The molecular formula is C14H21NO3. The van der Waals surface area contributed by atoms with Crippen LogP contribution in [0.3, 0.4) is 0 Å². The SMILES string of the molecule is CCOc1ccccc1CN(C)C(=O)CCCO. The highest BCUT2D eigenvalue weighted by atomic mass is 16.5. The number of ether oxygens (including phenoxy) is 1. The molecule has 0 unspecified atom stereocenters. The lowest BCUT2D eigenvalue weighted by Gasteiger charge is -2.19. The molecule has 4 heteroatoms. The van der Waals surface area contributed by atoms with Gasteiger partial charge in [-0.25, -0.2) is 0 Å². The van der Waals surface area contributed by atoms with Crippen molar-refractivity contribution in [2.45, 2.75) is 26.3 Å². The van der Waals surface area contributed by atoms with Crippen LogP contribution in [-0.4, -0.2) is 36.2 Å². The number of aliphatic hydroxyl groups excluding tert-OH is 1. The minimum absolute atomic E-state index is 0.0374. The van der Waals surface area contributed by atoms with Gasteiger partial charge in [0, 0.05) is 32.2 Å². The molecule has 100 valence electrons. The van der Waals surface area contributed by atoms with Crippen molar-refractivity contribution in [2.75, 3.05) is 20.3 Å². The number of amides is 1. The second-order valence-electron chi connectivity index (χ2n) is 4.12. The normalized spacial score (nSPS) is 10.2. The molecule has 1 aromatic carbocycles. The quantitative estimate of drug-likeness (QED) is 0.804. The second kappa shape index (κ2) is 7.71. The molecule has 1 rings (SSSR count). The van der Waals surface area contributed by atoms with E-state index in [1.807, 2.05) is 31.2 Å². The van der Waals surface area contributed by atoms with Gasteiger partial charge in [0.1, 0.15) is 5.75 Å². The van der Waals surface area contributed by atoms with E-state index in [4.69, 9.17) is 9.84 Å². The Morgan fingerprint density at radius 3 is 2.78 bits per heavy atom. The number of carbonyl (C=O) groups is 1. The van der Waals surface area contributed by atoms with Crippen LogP contribution >= 0.6 is 0 Å². The van der Waals surface area contributed by atoms with Crippen LogP contribution < -0.4 is 4.74 Å². The topological polar surface area (TPSA) is 49.8 Å². The van der Waals surface area contributed by atoms with E-state index in [1.54, 1.807) is 11.9 Å². The Labute approximate surface area is 108 Å². The average molecular weight is 251 g/mol. The first kappa shape index (κ1) is 14.5. The Bertz CT molecular complexity index is 379. The van der Waals surface area contributed by atoms with Crippen molar-refractivity contribution < 1.29 is 14.6 Å². The summed E-state index contributed by atoms with van der Waals surface area (Å²) in [4.78, 5) is 13.4. The zero-order chi connectivity index (χ0) is 13.4. The summed E-state index contributed by atoms with van der Waals surface area (Å²) in [6, 6.07) is 7.72. The predicted octanol–water partition coefficient (Wildman–Crippen LogP) is 1.82. The highest BCUT2D eigenvalue weighted by Crippen LogP contribution is 2.19. The van der Waals surface area contributed by atoms with Crippen LogP contribution in [0, 0.1) is 0 Å². The van der Waals surface area contributed by atoms with E-state index in [2.05, 4.69) is 0 Å². The van der Waals surface area contributed by atoms with E-state index in [0.717, 1.165) is 11.3 Å². The van der Waals surface area contributed by atoms with Gasteiger partial charge in [0.05, 0.1) is 6.61 Å². The van der Waals surface area contributed by atoms with E-state index in [1.165, 1.54) is 0 Å². The number of nitrogens with zero attached hydrogens (tertiary/aromatic N) is 1. The lowest BCUT2D eigenvalue weighted by Crippen LogP contribution is -2.26. The molecule has 1 N–H and O–H groups in total. The Morgan fingerprint density at radius 1 is 1.39 bits per heavy atom. The third-order valence-electron chi connectivity index (χ3n) is 2.65. The van der Waals surface area contributed by atoms with E-state index in [-0.39, 0.29) is 12.5 Å². The van der Waals surface area contributed by atoms with E-state index >= 15 is 0 Å². The Kier molecular flexibility index (Phi) is 6.22. The predicted molar refractivity (Wildman–Crippen MR) is 70.4 cm³/mol. The van der Waals surface area contributed by atoms with Crippen molar-refractivity contribution in [3.8, 4) is 5.75 Å². The number of rotatable bonds is 7. The maximum atomic E-state index is 11.7. The summed E-state index contributed by atoms with van der Waals surface area (Å²) in [5, 5.41) is 8.71. The van der Waals surface area contributed by atoms with Crippen LogP contribution in [0.2, 0.25) is 0 Å². The number of benzene rings is 1. The summed E-state index contributed by atoms with van der Waals surface area (Å²) in [5.41, 5.74) is 0.999. The second-order valence-corrected chi connectivity index (χ2v) is 4.12. The molecule has 0 atom stereocenters. The summed E-state index contributed by atoms with van der Waals surface area (Å²) >= 11 is 0. The van der Waals surface area contributed by atoms with Crippen LogP contribution in [0.1, 0.15) is 25.3 Å². The summed E-state index contributed by atoms with van der Waals surface area (Å²) in [5.74, 6) is 0.858. The van der Waals surface area contributed by atoms with Crippen molar-refractivity contribution in [1.82, 2.24) is 4.90 Å². The van der Waals surface area contributed by atoms with Gasteiger partial charge in [-0.1, -0.05) is 18.2 Å². The molecule has 18 heavy (non-hydrogen) atoms. The highest BCUT2D eigenvalue weighted by molar-refractivity contribution is 5.75. The van der Waals surface area contributed by atoms with Crippen molar-refractivity contribution in [3.63, 3.8) is 0 Å². The molecule has 0 aliphatic rings. The first-order valence-corrected chi connectivity index (χ1v) is 6.24. The van der Waals surface area contributed by atoms with Gasteiger partial charge in [-0.3, -0.25) is 4.79 Å². The third-order valence-corrected chi connectivity index (χ3v) is 2.65. The average Bonchev–Trinajstić information content (AvgIpc) is 2.38. The van der Waals surface area contributed by atoms with Crippen LogP contribution in [0.25, 0.3) is 0 Å². The summed E-state index contributed by atoms with van der Waals surface area (Å²) in [6.07, 6.45) is 0.889. The molecule has 0 aliphatic heterocycles. The van der Waals surface area contributed by atoms with Gasteiger partial charge in [-0.05, 0) is 19.4 Å². The van der Waals surface area contributed by atoms with E-state index in [9.17, 15) is 4.79 Å². The monoisotopic (exact) mass is 251 g/mol. The van der Waals surface area contributed by atoms with Gasteiger partial charge in [0.15, 0.2) is 0 Å². The number of hydrogen-bond acceptors (Lipinski definition) is 3. The lowest BCUT2D eigenvalue weighted by molar-refractivity contribution is -0.130. The number of para-hydroxylation sites is 1. The van der Waals surface area contributed by atoms with E-state index in [0.29, 0.717) is 26.0 Å². The Hall–Kier alpha value is -1.55. The van der Waals surface area contributed by atoms with Crippen molar-refractivity contribution in [2.24, 2.45) is 0 Å². The molecule has 0 aliphatic carbocycles. The Morgan fingerprint density at radius 2 is 2.11 bits per heavy atom. The van der Waals surface area contributed by atoms with Gasteiger partial charge >= 0.3 is 0 Å². The molecule has 0 spiro atoms. The molecule has 0 heterocycles. The first-order valence-electron chi connectivity index (χ1n) is 6.24. The van der Waals surface area contributed by atoms with Gasteiger partial charge in [-0.2, -0.15) is 0 Å². The lowest BCUT2D eigenvalue weighted by atomic mass is 10.2. The number of hydrogen-bond donors (Lipinski definition) is 1. The van der Waals surface area contributed by atoms with Gasteiger partial charge in [0.25, 0.3) is 0 Å². The smallest absolute Gasteiger partial charge is 0.222 e. The fourth-order valence-corrected chi connectivity index (χ4v) is 1.70. The molecule has 0 saturated heterocycles. The largest absolute Gasteiger partial charge is 0.494 e. The van der Waals surface area contributed by atoms with Gasteiger partial charge < -0.3 is 14.7 Å². The maximum absolute atomic E-state index is 11.7. The fraction of sp³-hybridized carbons (Fsp3) is 0.500. The third kappa shape index (κ3) is 4.37. The summed E-state index contributed by atoms with van der Waals surface area (Å²) < 4.78 is 5.52. The van der Waals surface area contributed by atoms with Crippen LogP contribution in [0.5, 0.6) is 5.75 Å². The van der Waals surface area contributed by atoms with Crippen LogP contribution in [0.15, 0.2) is 24.3 Å². The number of aliphatic hydroxyl groups is 1. The molecule has 0 fully saturated rings. The van der Waals surface area contributed by atoms with Crippen LogP contribution in [-0.2, 0) is 11.3 Å².